The van der Waals surface area contributed by atoms with Gasteiger partial charge in [0.05, 0.1) is 5.69 Å². The van der Waals surface area contributed by atoms with Crippen LogP contribution in [0, 0.1) is 5.92 Å². The van der Waals surface area contributed by atoms with Crippen LogP contribution in [0.25, 0.3) is 5.69 Å². The van der Waals surface area contributed by atoms with E-state index in [0.717, 1.165) is 36.9 Å². The predicted molar refractivity (Wildman–Crippen MR) is 91.8 cm³/mol. The Bertz CT molecular complexity index is 657. The molecule has 3 N–H and O–H groups in total. The molecule has 6 heteroatoms. The van der Waals surface area contributed by atoms with Crippen LogP contribution >= 0.6 is 0 Å². The summed E-state index contributed by atoms with van der Waals surface area (Å²) < 4.78 is 1.79. The molecule has 1 aromatic carbocycles. The number of urea groups is 1. The Balaban J connectivity index is 1.53. The van der Waals surface area contributed by atoms with E-state index in [1.807, 2.05) is 36.5 Å². The number of amides is 2. The second-order valence-corrected chi connectivity index (χ2v) is 6.28. The van der Waals surface area contributed by atoms with Gasteiger partial charge in [0, 0.05) is 37.5 Å². The molecular formula is C18H24N4O2. The van der Waals surface area contributed by atoms with E-state index in [1.54, 1.807) is 10.9 Å². The first-order chi connectivity index (χ1) is 11.8. The summed E-state index contributed by atoms with van der Waals surface area (Å²) in [6.45, 7) is 0.592. The number of nitrogens with one attached hydrogen (secondary N) is 2. The third-order valence-corrected chi connectivity index (χ3v) is 4.59. The summed E-state index contributed by atoms with van der Waals surface area (Å²) in [7, 11) is 0. The van der Waals surface area contributed by atoms with Crippen molar-refractivity contribution in [3.8, 4) is 5.69 Å². The maximum Gasteiger partial charge on any atom is 0.315 e. The van der Waals surface area contributed by atoms with Gasteiger partial charge in [-0.2, -0.15) is 5.10 Å². The number of aromatic nitrogens is 2. The van der Waals surface area contributed by atoms with Gasteiger partial charge in [0.15, 0.2) is 0 Å². The number of aliphatic hydroxyl groups is 1. The third-order valence-electron chi connectivity index (χ3n) is 4.59. The molecule has 0 aliphatic heterocycles. The largest absolute Gasteiger partial charge is 0.396 e. The Kier molecular flexibility index (Phi) is 5.48. The zero-order valence-electron chi connectivity index (χ0n) is 13.7. The van der Waals surface area contributed by atoms with Crippen molar-refractivity contribution in [1.29, 1.82) is 0 Å². The van der Waals surface area contributed by atoms with Crippen LogP contribution in [-0.2, 0) is 6.54 Å². The first-order valence-corrected chi connectivity index (χ1v) is 8.50. The summed E-state index contributed by atoms with van der Waals surface area (Å²) in [6.07, 6.45) is 7.77. The van der Waals surface area contributed by atoms with E-state index in [9.17, 15) is 9.90 Å². The van der Waals surface area contributed by atoms with Crippen LogP contribution in [0.2, 0.25) is 0 Å². The van der Waals surface area contributed by atoms with E-state index in [4.69, 9.17) is 0 Å². The number of hydrogen-bond donors (Lipinski definition) is 3. The molecule has 1 aromatic heterocycles. The summed E-state index contributed by atoms with van der Waals surface area (Å²) >= 11 is 0. The normalized spacial score (nSPS) is 20.5. The molecule has 128 valence electrons. The summed E-state index contributed by atoms with van der Waals surface area (Å²) in [5.41, 5.74) is 1.98. The molecular weight excluding hydrogens is 304 g/mol. The smallest absolute Gasteiger partial charge is 0.315 e. The zero-order valence-corrected chi connectivity index (χ0v) is 13.7. The van der Waals surface area contributed by atoms with Crippen LogP contribution in [0.4, 0.5) is 4.79 Å². The van der Waals surface area contributed by atoms with E-state index >= 15 is 0 Å². The summed E-state index contributed by atoms with van der Waals surface area (Å²) in [4.78, 5) is 12.1. The minimum absolute atomic E-state index is 0.0687. The summed E-state index contributed by atoms with van der Waals surface area (Å²) in [5, 5.41) is 19.5. The monoisotopic (exact) mass is 328 g/mol. The molecule has 24 heavy (non-hydrogen) atoms. The van der Waals surface area contributed by atoms with Gasteiger partial charge in [0.2, 0.25) is 0 Å². The predicted octanol–water partition coefficient (Wildman–Crippen LogP) is 2.22. The maximum atomic E-state index is 12.1. The first-order valence-electron chi connectivity index (χ1n) is 8.50. The van der Waals surface area contributed by atoms with Crippen molar-refractivity contribution in [2.24, 2.45) is 5.92 Å². The molecule has 0 radical (unpaired) electrons. The van der Waals surface area contributed by atoms with Gasteiger partial charge in [-0.25, -0.2) is 9.48 Å². The van der Waals surface area contributed by atoms with E-state index in [2.05, 4.69) is 15.7 Å². The minimum atomic E-state index is -0.176. The van der Waals surface area contributed by atoms with Crippen molar-refractivity contribution >= 4 is 6.03 Å². The van der Waals surface area contributed by atoms with E-state index in [-0.39, 0.29) is 24.6 Å². The maximum absolute atomic E-state index is 12.1. The molecule has 3 rings (SSSR count). The molecule has 2 unspecified atom stereocenters. The van der Waals surface area contributed by atoms with Crippen LogP contribution in [0.1, 0.15) is 31.2 Å². The fourth-order valence-corrected chi connectivity index (χ4v) is 3.25. The van der Waals surface area contributed by atoms with Gasteiger partial charge >= 0.3 is 6.03 Å². The quantitative estimate of drug-likeness (QED) is 0.787. The second kappa shape index (κ2) is 7.97. The topological polar surface area (TPSA) is 79.2 Å². The van der Waals surface area contributed by atoms with Crippen molar-refractivity contribution < 1.29 is 9.90 Å². The molecule has 1 aliphatic carbocycles. The Hall–Kier alpha value is -2.34. The Morgan fingerprint density at radius 3 is 2.96 bits per heavy atom. The number of carbonyl (C=O) groups is 1. The van der Waals surface area contributed by atoms with Gasteiger partial charge in [-0.1, -0.05) is 25.0 Å². The molecule has 2 aromatic rings. The lowest BCUT2D eigenvalue weighted by Gasteiger charge is -2.30. The van der Waals surface area contributed by atoms with Gasteiger partial charge in [-0.3, -0.25) is 0 Å². The highest BCUT2D eigenvalue weighted by Crippen LogP contribution is 2.23. The zero-order chi connectivity index (χ0) is 16.8. The van der Waals surface area contributed by atoms with Crippen LogP contribution in [-0.4, -0.2) is 33.6 Å². The summed E-state index contributed by atoms with van der Waals surface area (Å²) in [5.74, 6) is 0.174. The van der Waals surface area contributed by atoms with E-state index < -0.39 is 0 Å². The molecule has 0 spiro atoms. The molecule has 1 heterocycles. The van der Waals surface area contributed by atoms with Crippen molar-refractivity contribution in [2.75, 3.05) is 6.61 Å². The SMILES string of the molecule is O=C(NCc1cccc(-n2cccn2)c1)NC1CCCCC1CO. The highest BCUT2D eigenvalue weighted by molar-refractivity contribution is 5.74. The fraction of sp³-hybridized carbons (Fsp3) is 0.444. The lowest BCUT2D eigenvalue weighted by molar-refractivity contribution is 0.153. The average molecular weight is 328 g/mol. The lowest BCUT2D eigenvalue weighted by atomic mass is 9.85. The van der Waals surface area contributed by atoms with Crippen molar-refractivity contribution in [1.82, 2.24) is 20.4 Å². The highest BCUT2D eigenvalue weighted by Gasteiger charge is 2.25. The van der Waals surface area contributed by atoms with Crippen LogP contribution in [0.5, 0.6) is 0 Å². The minimum Gasteiger partial charge on any atom is -0.396 e. The number of rotatable bonds is 5. The van der Waals surface area contributed by atoms with Crippen LogP contribution in [0.3, 0.4) is 0 Å². The first kappa shape index (κ1) is 16.5. The van der Waals surface area contributed by atoms with Crippen molar-refractivity contribution in [3.05, 3.63) is 48.3 Å². The van der Waals surface area contributed by atoms with E-state index in [0.29, 0.717) is 6.54 Å². The Morgan fingerprint density at radius 1 is 1.29 bits per heavy atom. The van der Waals surface area contributed by atoms with Crippen LogP contribution in [0.15, 0.2) is 42.7 Å². The third kappa shape index (κ3) is 4.14. The molecule has 1 saturated carbocycles. The Morgan fingerprint density at radius 2 is 2.17 bits per heavy atom. The number of carbonyl (C=O) groups excluding carboxylic acids is 1. The van der Waals surface area contributed by atoms with Crippen molar-refractivity contribution in [3.63, 3.8) is 0 Å². The molecule has 6 nitrogen and oxygen atoms in total. The molecule has 1 aliphatic rings. The molecule has 2 atom stereocenters. The van der Waals surface area contributed by atoms with Crippen LogP contribution < -0.4 is 10.6 Å². The second-order valence-electron chi connectivity index (χ2n) is 6.28. The van der Waals surface area contributed by atoms with Gasteiger partial charge in [-0.05, 0) is 36.6 Å². The van der Waals surface area contributed by atoms with Gasteiger partial charge in [-0.15, -0.1) is 0 Å². The standard InChI is InChI=1S/C18H24N4O2/c23-13-15-6-1-2-8-17(15)21-18(24)19-12-14-5-3-7-16(11-14)22-10-4-9-20-22/h3-5,7,9-11,15,17,23H,1-2,6,8,12-13H2,(H2,19,21,24). The number of aliphatic hydroxyl groups excluding tert-OH is 1. The van der Waals surface area contributed by atoms with Gasteiger partial charge in [0.1, 0.15) is 0 Å². The lowest BCUT2D eigenvalue weighted by Crippen LogP contribution is -2.47. The molecule has 0 saturated heterocycles. The van der Waals surface area contributed by atoms with E-state index in [1.165, 1.54) is 0 Å². The van der Waals surface area contributed by atoms with Gasteiger partial charge < -0.3 is 15.7 Å². The van der Waals surface area contributed by atoms with Gasteiger partial charge in [0.25, 0.3) is 0 Å². The molecule has 1 fully saturated rings. The summed E-state index contributed by atoms with van der Waals surface area (Å²) in [6, 6.07) is 9.68. The molecule has 2 amide bonds. The molecule has 0 bridgehead atoms. The average Bonchev–Trinajstić information content (AvgIpc) is 3.15. The number of hydrogen-bond acceptors (Lipinski definition) is 3. The Labute approximate surface area is 141 Å². The fourth-order valence-electron chi connectivity index (χ4n) is 3.25. The van der Waals surface area contributed by atoms with Crippen molar-refractivity contribution in [2.45, 2.75) is 38.3 Å². The highest BCUT2D eigenvalue weighted by atomic mass is 16.3. The number of benzene rings is 1. The number of nitrogens with zero attached hydrogens (tertiary/aromatic N) is 2.